The summed E-state index contributed by atoms with van der Waals surface area (Å²) in [7, 11) is 1.73. The fourth-order valence-electron chi connectivity index (χ4n) is 6.96. The molecule has 0 bridgehead atoms. The van der Waals surface area contributed by atoms with Crippen molar-refractivity contribution in [1.29, 1.82) is 5.26 Å². The molecular formula is C34H30ClF2N5O3. The van der Waals surface area contributed by atoms with E-state index in [1.165, 1.54) is 12.1 Å². The Kier molecular flexibility index (Phi) is 7.26. The van der Waals surface area contributed by atoms with Crippen molar-refractivity contribution in [2.75, 3.05) is 6.54 Å². The normalized spacial score (nSPS) is 21.6. The van der Waals surface area contributed by atoms with E-state index in [0.29, 0.717) is 28.9 Å². The van der Waals surface area contributed by atoms with Crippen LogP contribution in [-0.4, -0.2) is 28.3 Å². The number of carbonyl (C=O) groups is 1. The Balaban J connectivity index is 1.35. The highest BCUT2D eigenvalue weighted by Crippen LogP contribution is 2.52. The van der Waals surface area contributed by atoms with Crippen LogP contribution in [0.5, 0.6) is 11.5 Å². The first-order valence-electron chi connectivity index (χ1n) is 14.9. The first-order chi connectivity index (χ1) is 21.7. The molecule has 1 aliphatic carbocycles. The standard InChI is InChI=1S/C34H30ClF2N5O3/c1-42-15-24-21-11-22(33(39)43)29(31(37)32(21)44-16-26(24)41-42)28-23-13-34(19-5-3-2-4-6-19,45-27(23)12-25(36)30(28)35)17-40-20-9-7-18(14-38)8-10-20/h2-6,11-12,15,18,20,40H,7-10,13,16-17H2,1H3,(H2,39,43)/t18?,20?,34-/m1/s1. The van der Waals surface area contributed by atoms with Crippen molar-refractivity contribution >= 4 is 17.5 Å². The molecular weight excluding hydrogens is 600 g/mol. The maximum Gasteiger partial charge on any atom is 0.249 e. The SMILES string of the molecule is Cn1cc2c(n1)COc1c-2cc(C(N)=O)c(-c2c(Cl)c(F)cc3c2C[C@@](CNC2CCC(C#N)CC2)(c2ccccc2)O3)c1F. The van der Waals surface area contributed by atoms with Crippen molar-refractivity contribution in [1.82, 2.24) is 15.1 Å². The van der Waals surface area contributed by atoms with Gasteiger partial charge in [-0.3, -0.25) is 9.48 Å². The molecule has 3 N–H and O–H groups in total. The predicted octanol–water partition coefficient (Wildman–Crippen LogP) is 6.18. The van der Waals surface area contributed by atoms with Crippen molar-refractivity contribution < 1.29 is 23.0 Å². The van der Waals surface area contributed by atoms with Crippen LogP contribution in [0.4, 0.5) is 8.78 Å². The Morgan fingerprint density at radius 2 is 1.93 bits per heavy atom. The molecule has 0 unspecified atom stereocenters. The summed E-state index contributed by atoms with van der Waals surface area (Å²) in [6.45, 7) is 0.390. The smallest absolute Gasteiger partial charge is 0.249 e. The van der Waals surface area contributed by atoms with Crippen molar-refractivity contribution in [3.63, 3.8) is 0 Å². The van der Waals surface area contributed by atoms with E-state index in [9.17, 15) is 10.1 Å². The third-order valence-electron chi connectivity index (χ3n) is 9.23. The number of hydrogen-bond donors (Lipinski definition) is 2. The minimum absolute atomic E-state index is 0.00804. The van der Waals surface area contributed by atoms with E-state index in [1.807, 2.05) is 30.3 Å². The number of primary amides is 1. The van der Waals surface area contributed by atoms with Crippen LogP contribution >= 0.6 is 11.6 Å². The molecule has 0 spiro atoms. The van der Waals surface area contributed by atoms with Gasteiger partial charge in [0.2, 0.25) is 5.91 Å². The highest BCUT2D eigenvalue weighted by Gasteiger charge is 2.45. The number of nitrogens with zero attached hydrogens (tertiary/aromatic N) is 3. The van der Waals surface area contributed by atoms with Crippen molar-refractivity contribution in [3.8, 4) is 39.8 Å². The molecule has 1 aromatic heterocycles. The third kappa shape index (κ3) is 4.91. The second kappa shape index (κ2) is 11.2. The Bertz CT molecular complexity index is 1880. The fraction of sp³-hybridized carbons (Fsp3) is 0.324. The lowest BCUT2D eigenvalue weighted by molar-refractivity contribution is 0.0849. The van der Waals surface area contributed by atoms with Crippen LogP contribution in [0.25, 0.3) is 22.3 Å². The summed E-state index contributed by atoms with van der Waals surface area (Å²) in [5, 5.41) is 17.0. The molecule has 1 atom stereocenters. The Hall–Kier alpha value is -4.46. The highest BCUT2D eigenvalue weighted by atomic mass is 35.5. The number of halogens is 3. The van der Waals surface area contributed by atoms with Crippen LogP contribution in [-0.2, 0) is 25.7 Å². The van der Waals surface area contributed by atoms with E-state index in [0.717, 1.165) is 31.2 Å². The van der Waals surface area contributed by atoms with Crippen LogP contribution in [0.3, 0.4) is 0 Å². The Morgan fingerprint density at radius 1 is 1.18 bits per heavy atom. The van der Waals surface area contributed by atoms with Gasteiger partial charge in [0.15, 0.2) is 17.2 Å². The molecule has 3 aliphatic rings. The zero-order valence-corrected chi connectivity index (χ0v) is 25.3. The summed E-state index contributed by atoms with van der Waals surface area (Å²) in [4.78, 5) is 12.9. The van der Waals surface area contributed by atoms with E-state index < -0.39 is 23.1 Å². The first kappa shape index (κ1) is 29.3. The van der Waals surface area contributed by atoms with Gasteiger partial charge in [-0.05, 0) is 37.3 Å². The maximum absolute atomic E-state index is 16.7. The van der Waals surface area contributed by atoms with Crippen LogP contribution in [0.15, 0.2) is 48.7 Å². The largest absolute Gasteiger partial charge is 0.483 e. The minimum Gasteiger partial charge on any atom is -0.483 e. The minimum atomic E-state index is -0.986. The van der Waals surface area contributed by atoms with Gasteiger partial charge in [0.1, 0.15) is 23.9 Å². The van der Waals surface area contributed by atoms with Crippen LogP contribution < -0.4 is 20.5 Å². The Labute approximate surface area is 263 Å². The number of nitrogens with two attached hydrogens (primary N) is 1. The maximum atomic E-state index is 16.7. The fourth-order valence-corrected chi connectivity index (χ4v) is 7.22. The summed E-state index contributed by atoms with van der Waals surface area (Å²) in [6, 6.07) is 14.8. The zero-order chi connectivity index (χ0) is 31.5. The monoisotopic (exact) mass is 629 g/mol. The lowest BCUT2D eigenvalue weighted by Gasteiger charge is -2.33. The second-order valence-electron chi connectivity index (χ2n) is 12.0. The van der Waals surface area contributed by atoms with Crippen molar-refractivity contribution in [2.45, 2.75) is 50.4 Å². The lowest BCUT2D eigenvalue weighted by Crippen LogP contribution is -2.46. The lowest BCUT2D eigenvalue weighted by atomic mass is 9.83. The number of hydrogen-bond acceptors (Lipinski definition) is 6. The quantitative estimate of drug-likeness (QED) is 0.263. The highest BCUT2D eigenvalue weighted by molar-refractivity contribution is 6.34. The molecule has 0 saturated heterocycles. The molecule has 7 rings (SSSR count). The number of amides is 1. The number of nitrogens with one attached hydrogen (secondary N) is 1. The van der Waals surface area contributed by atoms with E-state index in [-0.39, 0.29) is 58.2 Å². The molecule has 0 radical (unpaired) electrons. The Morgan fingerprint density at radius 3 is 2.64 bits per heavy atom. The van der Waals surface area contributed by atoms with E-state index in [1.54, 1.807) is 17.9 Å². The molecule has 1 fully saturated rings. The van der Waals surface area contributed by atoms with Gasteiger partial charge in [-0.2, -0.15) is 10.4 Å². The van der Waals surface area contributed by atoms with Gasteiger partial charge in [0, 0.05) is 72.1 Å². The van der Waals surface area contributed by atoms with E-state index in [2.05, 4.69) is 16.5 Å². The first-order valence-corrected chi connectivity index (χ1v) is 15.3. The van der Waals surface area contributed by atoms with Crippen LogP contribution in [0.2, 0.25) is 5.02 Å². The number of aryl methyl sites for hydroxylation is 1. The van der Waals surface area contributed by atoms with Crippen molar-refractivity contribution in [2.24, 2.45) is 18.7 Å². The number of aromatic nitrogens is 2. The molecule has 230 valence electrons. The van der Waals surface area contributed by atoms with Gasteiger partial charge in [-0.1, -0.05) is 41.9 Å². The summed E-state index contributed by atoms with van der Waals surface area (Å²) >= 11 is 6.65. The molecule has 3 aromatic carbocycles. The number of fused-ring (bicyclic) bond motifs is 4. The molecule has 3 heterocycles. The average Bonchev–Trinajstić information content (AvgIpc) is 3.62. The van der Waals surface area contributed by atoms with Gasteiger partial charge >= 0.3 is 0 Å². The van der Waals surface area contributed by atoms with Crippen LogP contribution in [0, 0.1) is 28.9 Å². The van der Waals surface area contributed by atoms with Crippen LogP contribution in [0.1, 0.15) is 52.9 Å². The molecule has 11 heteroatoms. The predicted molar refractivity (Wildman–Crippen MR) is 164 cm³/mol. The number of carbonyl (C=O) groups excluding carboxylic acids is 1. The molecule has 1 amide bonds. The third-order valence-corrected chi connectivity index (χ3v) is 9.59. The van der Waals surface area contributed by atoms with Gasteiger partial charge in [0.05, 0.1) is 16.7 Å². The topological polar surface area (TPSA) is 115 Å². The summed E-state index contributed by atoms with van der Waals surface area (Å²) in [5.41, 5.74) is 7.30. The second-order valence-corrected chi connectivity index (χ2v) is 12.4. The number of rotatable bonds is 6. The summed E-state index contributed by atoms with van der Waals surface area (Å²) < 4.78 is 46.3. The summed E-state index contributed by atoms with van der Waals surface area (Å²) in [5.74, 6) is -2.42. The van der Waals surface area contributed by atoms with Gasteiger partial charge in [-0.15, -0.1) is 0 Å². The average molecular weight is 630 g/mol. The number of benzene rings is 3. The zero-order valence-electron chi connectivity index (χ0n) is 24.5. The van der Waals surface area contributed by atoms with Gasteiger partial charge < -0.3 is 20.5 Å². The van der Waals surface area contributed by atoms with Gasteiger partial charge in [0.25, 0.3) is 0 Å². The van der Waals surface area contributed by atoms with E-state index >= 15 is 8.78 Å². The van der Waals surface area contributed by atoms with Crippen molar-refractivity contribution in [3.05, 3.63) is 87.7 Å². The molecule has 45 heavy (non-hydrogen) atoms. The molecule has 2 aliphatic heterocycles. The van der Waals surface area contributed by atoms with E-state index in [4.69, 9.17) is 26.8 Å². The summed E-state index contributed by atoms with van der Waals surface area (Å²) in [6.07, 6.45) is 5.26. The van der Waals surface area contributed by atoms with Gasteiger partial charge in [-0.25, -0.2) is 8.78 Å². The molecule has 8 nitrogen and oxygen atoms in total. The number of ether oxygens (including phenoxy) is 2. The molecule has 1 saturated carbocycles. The molecule has 4 aromatic rings. The number of nitriles is 1.